The highest BCUT2D eigenvalue weighted by atomic mass is 16.3. The Kier molecular flexibility index (Phi) is 3.48. The van der Waals surface area contributed by atoms with Gasteiger partial charge in [0.2, 0.25) is 0 Å². The maximum atomic E-state index is 10.4. The monoisotopic (exact) mass is 241 g/mol. The Labute approximate surface area is 108 Å². The zero-order valence-electron chi connectivity index (χ0n) is 11.4. The van der Waals surface area contributed by atoms with Crippen molar-refractivity contribution in [1.82, 2.24) is 4.98 Å². The summed E-state index contributed by atoms with van der Waals surface area (Å²) in [5.41, 5.74) is 6.34. The fraction of sp³-hybridized carbons (Fsp3) is 0.312. The summed E-state index contributed by atoms with van der Waals surface area (Å²) in [5.74, 6) is 0. The predicted molar refractivity (Wildman–Crippen MR) is 73.7 cm³/mol. The Balaban J connectivity index is 2.42. The first kappa shape index (κ1) is 12.8. The second kappa shape index (κ2) is 4.91. The van der Waals surface area contributed by atoms with Crippen LogP contribution in [0.2, 0.25) is 0 Å². The zero-order chi connectivity index (χ0) is 13.3. The molecule has 1 heterocycles. The molecular formula is C16H19NO. The van der Waals surface area contributed by atoms with Crippen LogP contribution in [0.4, 0.5) is 0 Å². The van der Waals surface area contributed by atoms with Crippen molar-refractivity contribution in [3.05, 3.63) is 64.0 Å². The molecule has 0 bridgehead atoms. The van der Waals surface area contributed by atoms with Gasteiger partial charge in [0.1, 0.15) is 6.10 Å². The Morgan fingerprint density at radius 1 is 0.944 bits per heavy atom. The molecule has 2 aromatic rings. The molecule has 0 saturated carbocycles. The molecule has 1 N–H and O–H groups in total. The third kappa shape index (κ3) is 2.44. The lowest BCUT2D eigenvalue weighted by Gasteiger charge is -2.16. The quantitative estimate of drug-likeness (QED) is 0.874. The highest BCUT2D eigenvalue weighted by molar-refractivity contribution is 5.40. The molecule has 0 amide bonds. The highest BCUT2D eigenvalue weighted by Crippen LogP contribution is 2.26. The molecule has 1 aromatic heterocycles. The summed E-state index contributed by atoms with van der Waals surface area (Å²) in [6.45, 7) is 8.13. The molecule has 0 aliphatic heterocycles. The molecule has 0 fully saturated rings. The van der Waals surface area contributed by atoms with Gasteiger partial charge in [0.05, 0.1) is 0 Å². The van der Waals surface area contributed by atoms with Crippen molar-refractivity contribution in [2.24, 2.45) is 0 Å². The Morgan fingerprint density at radius 2 is 1.61 bits per heavy atom. The Morgan fingerprint density at radius 3 is 2.22 bits per heavy atom. The molecule has 94 valence electrons. The minimum Gasteiger partial charge on any atom is -0.384 e. The Hall–Kier alpha value is -1.67. The number of aromatic nitrogens is 1. The molecule has 0 aliphatic carbocycles. The normalized spacial score (nSPS) is 12.5. The molecule has 18 heavy (non-hydrogen) atoms. The SMILES string of the molecule is Cc1ccc(C(O)c2cc(C)c(C)cc2C)cn1. The van der Waals surface area contributed by atoms with Gasteiger partial charge in [-0.15, -0.1) is 0 Å². The maximum Gasteiger partial charge on any atom is 0.106 e. The molecule has 1 unspecified atom stereocenters. The lowest BCUT2D eigenvalue weighted by atomic mass is 9.94. The van der Waals surface area contributed by atoms with Gasteiger partial charge < -0.3 is 5.11 Å². The van der Waals surface area contributed by atoms with Crippen LogP contribution in [-0.4, -0.2) is 10.1 Å². The third-order valence-electron chi connectivity index (χ3n) is 3.43. The number of hydrogen-bond donors (Lipinski definition) is 1. The van der Waals surface area contributed by atoms with Crippen molar-refractivity contribution in [3.8, 4) is 0 Å². The third-order valence-corrected chi connectivity index (χ3v) is 3.43. The van der Waals surface area contributed by atoms with Gasteiger partial charge in [-0.25, -0.2) is 0 Å². The summed E-state index contributed by atoms with van der Waals surface area (Å²) in [7, 11) is 0. The van der Waals surface area contributed by atoms with E-state index in [2.05, 4.69) is 31.0 Å². The van der Waals surface area contributed by atoms with Gasteiger partial charge >= 0.3 is 0 Å². The van der Waals surface area contributed by atoms with E-state index in [-0.39, 0.29) is 0 Å². The van der Waals surface area contributed by atoms with Gasteiger partial charge in [-0.2, -0.15) is 0 Å². The van der Waals surface area contributed by atoms with Crippen LogP contribution in [0.25, 0.3) is 0 Å². The summed E-state index contributed by atoms with van der Waals surface area (Å²) < 4.78 is 0. The summed E-state index contributed by atoms with van der Waals surface area (Å²) in [6, 6.07) is 8.04. The number of aliphatic hydroxyl groups excluding tert-OH is 1. The van der Waals surface area contributed by atoms with Crippen LogP contribution in [0.15, 0.2) is 30.5 Å². The minimum atomic E-state index is -0.600. The van der Waals surface area contributed by atoms with E-state index in [9.17, 15) is 5.11 Å². The summed E-state index contributed by atoms with van der Waals surface area (Å²) in [4.78, 5) is 4.24. The van der Waals surface area contributed by atoms with Crippen molar-refractivity contribution >= 4 is 0 Å². The van der Waals surface area contributed by atoms with Crippen molar-refractivity contribution in [1.29, 1.82) is 0 Å². The molecule has 2 heteroatoms. The van der Waals surface area contributed by atoms with Gasteiger partial charge in [-0.05, 0) is 56.0 Å². The van der Waals surface area contributed by atoms with E-state index in [1.165, 1.54) is 11.1 Å². The van der Waals surface area contributed by atoms with Gasteiger partial charge in [-0.1, -0.05) is 18.2 Å². The lowest BCUT2D eigenvalue weighted by Crippen LogP contribution is -2.04. The molecular weight excluding hydrogens is 222 g/mol. The molecule has 0 saturated heterocycles. The number of benzene rings is 1. The van der Waals surface area contributed by atoms with Gasteiger partial charge in [0.25, 0.3) is 0 Å². The minimum absolute atomic E-state index is 0.600. The standard InChI is InChI=1S/C16H19NO/c1-10-7-12(3)15(8-11(10)2)16(18)14-6-5-13(4)17-9-14/h5-9,16,18H,1-4H3. The second-order valence-corrected chi connectivity index (χ2v) is 4.93. The zero-order valence-corrected chi connectivity index (χ0v) is 11.4. The molecule has 0 aliphatic rings. The topological polar surface area (TPSA) is 33.1 Å². The number of aliphatic hydroxyl groups is 1. The Bertz CT molecular complexity index is 558. The van der Waals surface area contributed by atoms with Gasteiger partial charge in [0.15, 0.2) is 0 Å². The van der Waals surface area contributed by atoms with E-state index >= 15 is 0 Å². The molecule has 0 radical (unpaired) electrons. The summed E-state index contributed by atoms with van der Waals surface area (Å²) in [6.07, 6.45) is 1.15. The first-order valence-corrected chi connectivity index (χ1v) is 6.17. The number of aryl methyl sites for hydroxylation is 4. The first-order chi connectivity index (χ1) is 8.49. The fourth-order valence-corrected chi connectivity index (χ4v) is 2.10. The van der Waals surface area contributed by atoms with Crippen LogP contribution >= 0.6 is 0 Å². The van der Waals surface area contributed by atoms with Crippen LogP contribution < -0.4 is 0 Å². The fourth-order valence-electron chi connectivity index (χ4n) is 2.10. The first-order valence-electron chi connectivity index (χ1n) is 6.17. The van der Waals surface area contributed by atoms with Crippen molar-refractivity contribution in [2.75, 3.05) is 0 Å². The van der Waals surface area contributed by atoms with Gasteiger partial charge in [-0.3, -0.25) is 4.98 Å². The van der Waals surface area contributed by atoms with Crippen LogP contribution in [0.1, 0.15) is 39.6 Å². The van der Waals surface area contributed by atoms with E-state index in [0.717, 1.165) is 22.4 Å². The van der Waals surface area contributed by atoms with Crippen molar-refractivity contribution in [2.45, 2.75) is 33.8 Å². The van der Waals surface area contributed by atoms with E-state index in [1.54, 1.807) is 6.20 Å². The van der Waals surface area contributed by atoms with Crippen LogP contribution in [0.5, 0.6) is 0 Å². The average Bonchev–Trinajstić information content (AvgIpc) is 2.34. The molecule has 2 nitrogen and oxygen atoms in total. The number of rotatable bonds is 2. The highest BCUT2D eigenvalue weighted by Gasteiger charge is 2.14. The van der Waals surface area contributed by atoms with Gasteiger partial charge in [0, 0.05) is 17.5 Å². The molecule has 1 aromatic carbocycles. The number of nitrogens with zero attached hydrogens (tertiary/aromatic N) is 1. The van der Waals surface area contributed by atoms with Crippen molar-refractivity contribution < 1.29 is 5.11 Å². The van der Waals surface area contributed by atoms with E-state index in [0.29, 0.717) is 0 Å². The predicted octanol–water partition coefficient (Wildman–Crippen LogP) is 3.40. The summed E-state index contributed by atoms with van der Waals surface area (Å²) >= 11 is 0. The van der Waals surface area contributed by atoms with E-state index in [1.807, 2.05) is 26.0 Å². The second-order valence-electron chi connectivity index (χ2n) is 4.93. The molecule has 1 atom stereocenters. The average molecular weight is 241 g/mol. The molecule has 2 rings (SSSR count). The van der Waals surface area contributed by atoms with E-state index < -0.39 is 6.10 Å². The van der Waals surface area contributed by atoms with Crippen molar-refractivity contribution in [3.63, 3.8) is 0 Å². The largest absolute Gasteiger partial charge is 0.384 e. The number of hydrogen-bond acceptors (Lipinski definition) is 2. The van der Waals surface area contributed by atoms with Crippen LogP contribution in [0, 0.1) is 27.7 Å². The smallest absolute Gasteiger partial charge is 0.106 e. The van der Waals surface area contributed by atoms with Crippen LogP contribution in [-0.2, 0) is 0 Å². The van der Waals surface area contributed by atoms with E-state index in [4.69, 9.17) is 0 Å². The number of pyridine rings is 1. The molecule has 0 spiro atoms. The lowest BCUT2D eigenvalue weighted by molar-refractivity contribution is 0.219. The summed E-state index contributed by atoms with van der Waals surface area (Å²) in [5, 5.41) is 10.4. The maximum absolute atomic E-state index is 10.4. The van der Waals surface area contributed by atoms with Crippen LogP contribution in [0.3, 0.4) is 0 Å².